The first-order chi connectivity index (χ1) is 15.0. The molecule has 0 saturated heterocycles. The van der Waals surface area contributed by atoms with Crippen LogP contribution in [0.15, 0.2) is 71.1 Å². The number of anilines is 2. The summed E-state index contributed by atoms with van der Waals surface area (Å²) in [5.74, 6) is -0.0796. The number of aryl methyl sites for hydroxylation is 1. The van der Waals surface area contributed by atoms with Crippen LogP contribution < -0.4 is 10.6 Å². The molecule has 0 fully saturated rings. The Morgan fingerprint density at radius 2 is 1.87 bits per heavy atom. The molecule has 2 amide bonds. The minimum absolute atomic E-state index is 0.150. The molecule has 0 aliphatic rings. The Kier molecular flexibility index (Phi) is 6.56. The monoisotopic (exact) mass is 467 g/mol. The van der Waals surface area contributed by atoms with E-state index in [1.807, 2.05) is 55.5 Å². The SMILES string of the molecule is Cc1cccc(C(=O)Nc2ccc3nc(SCC(=O)Nc4ccccc4Cl)sc3c2)c1. The molecular formula is C23H18ClN3O2S2. The van der Waals surface area contributed by atoms with Gasteiger partial charge in [-0.3, -0.25) is 9.59 Å². The number of nitrogens with one attached hydrogen (secondary N) is 2. The summed E-state index contributed by atoms with van der Waals surface area (Å²) in [6.45, 7) is 1.95. The van der Waals surface area contributed by atoms with Gasteiger partial charge >= 0.3 is 0 Å². The number of hydrogen-bond acceptors (Lipinski definition) is 5. The highest BCUT2D eigenvalue weighted by atomic mass is 35.5. The molecule has 0 aliphatic carbocycles. The Morgan fingerprint density at radius 1 is 1.03 bits per heavy atom. The first-order valence-corrected chi connectivity index (χ1v) is 11.6. The van der Waals surface area contributed by atoms with Crippen LogP contribution >= 0.6 is 34.7 Å². The summed E-state index contributed by atoms with van der Waals surface area (Å²) in [7, 11) is 0. The van der Waals surface area contributed by atoms with Gasteiger partial charge in [0.05, 0.1) is 26.7 Å². The van der Waals surface area contributed by atoms with Crippen LogP contribution in [-0.4, -0.2) is 22.6 Å². The van der Waals surface area contributed by atoms with E-state index in [4.69, 9.17) is 11.6 Å². The van der Waals surface area contributed by atoms with E-state index < -0.39 is 0 Å². The molecule has 0 bridgehead atoms. The van der Waals surface area contributed by atoms with Gasteiger partial charge < -0.3 is 10.6 Å². The highest BCUT2D eigenvalue weighted by Gasteiger charge is 2.11. The smallest absolute Gasteiger partial charge is 0.255 e. The van der Waals surface area contributed by atoms with Gasteiger partial charge in [-0.05, 0) is 49.4 Å². The molecule has 0 unspecified atom stereocenters. The molecule has 0 radical (unpaired) electrons. The van der Waals surface area contributed by atoms with E-state index in [0.29, 0.717) is 22.0 Å². The predicted octanol–water partition coefficient (Wildman–Crippen LogP) is 6.24. The van der Waals surface area contributed by atoms with Crippen LogP contribution in [0.1, 0.15) is 15.9 Å². The van der Waals surface area contributed by atoms with Crippen LogP contribution in [0.3, 0.4) is 0 Å². The van der Waals surface area contributed by atoms with Crippen molar-refractivity contribution in [3.05, 3.63) is 82.9 Å². The van der Waals surface area contributed by atoms with Crippen molar-refractivity contribution in [3.63, 3.8) is 0 Å². The maximum atomic E-state index is 12.5. The number of nitrogens with zero attached hydrogens (tertiary/aromatic N) is 1. The zero-order valence-electron chi connectivity index (χ0n) is 16.5. The number of fused-ring (bicyclic) bond motifs is 1. The summed E-state index contributed by atoms with van der Waals surface area (Å²) in [5, 5.41) is 6.23. The minimum Gasteiger partial charge on any atom is -0.324 e. The van der Waals surface area contributed by atoms with E-state index in [-0.39, 0.29) is 17.6 Å². The summed E-state index contributed by atoms with van der Waals surface area (Å²) in [6.07, 6.45) is 0. The predicted molar refractivity (Wildman–Crippen MR) is 130 cm³/mol. The maximum absolute atomic E-state index is 12.5. The highest BCUT2D eigenvalue weighted by Crippen LogP contribution is 2.31. The molecule has 0 aliphatic heterocycles. The highest BCUT2D eigenvalue weighted by molar-refractivity contribution is 8.01. The largest absolute Gasteiger partial charge is 0.324 e. The third kappa shape index (κ3) is 5.44. The van der Waals surface area contributed by atoms with Crippen LogP contribution in [-0.2, 0) is 4.79 Å². The molecule has 5 nitrogen and oxygen atoms in total. The number of halogens is 1. The summed E-state index contributed by atoms with van der Waals surface area (Å²) in [5.41, 5.74) is 3.77. The van der Waals surface area contributed by atoms with Gasteiger partial charge in [0.15, 0.2) is 4.34 Å². The number of rotatable bonds is 6. The third-order valence-electron chi connectivity index (χ3n) is 4.38. The van der Waals surface area contributed by atoms with E-state index >= 15 is 0 Å². The number of carbonyl (C=O) groups excluding carboxylic acids is 2. The van der Waals surface area contributed by atoms with E-state index in [1.165, 1.54) is 23.1 Å². The molecule has 0 saturated carbocycles. The van der Waals surface area contributed by atoms with Gasteiger partial charge in [0.25, 0.3) is 5.91 Å². The molecule has 3 aromatic carbocycles. The van der Waals surface area contributed by atoms with Crippen LogP contribution in [0.25, 0.3) is 10.2 Å². The zero-order chi connectivity index (χ0) is 21.8. The van der Waals surface area contributed by atoms with Gasteiger partial charge in [-0.2, -0.15) is 0 Å². The van der Waals surface area contributed by atoms with Gasteiger partial charge in [-0.15, -0.1) is 11.3 Å². The number of carbonyl (C=O) groups is 2. The summed E-state index contributed by atoms with van der Waals surface area (Å²) in [4.78, 5) is 29.3. The topological polar surface area (TPSA) is 71.1 Å². The normalized spacial score (nSPS) is 10.8. The molecule has 2 N–H and O–H groups in total. The molecule has 4 aromatic rings. The Balaban J connectivity index is 1.40. The molecule has 1 aromatic heterocycles. The molecular weight excluding hydrogens is 450 g/mol. The van der Waals surface area contributed by atoms with Gasteiger partial charge in [-0.25, -0.2) is 4.98 Å². The van der Waals surface area contributed by atoms with E-state index in [0.717, 1.165) is 20.1 Å². The Morgan fingerprint density at radius 3 is 2.68 bits per heavy atom. The van der Waals surface area contributed by atoms with Gasteiger partial charge in [0.1, 0.15) is 0 Å². The van der Waals surface area contributed by atoms with Crippen LogP contribution in [0.5, 0.6) is 0 Å². The summed E-state index contributed by atoms with van der Waals surface area (Å²) < 4.78 is 1.72. The van der Waals surface area contributed by atoms with E-state index in [1.54, 1.807) is 18.2 Å². The standard InChI is InChI=1S/C23H18ClN3O2S2/c1-14-5-4-6-15(11-14)22(29)25-16-9-10-19-20(12-16)31-23(27-19)30-13-21(28)26-18-8-3-2-7-17(18)24/h2-12H,13H2,1H3,(H,25,29)(H,26,28). The number of thiazole rings is 1. The first kappa shape index (κ1) is 21.4. The maximum Gasteiger partial charge on any atom is 0.255 e. The van der Waals surface area contributed by atoms with Crippen molar-refractivity contribution in [2.45, 2.75) is 11.3 Å². The van der Waals surface area contributed by atoms with Gasteiger partial charge in [0, 0.05) is 11.3 Å². The Labute approximate surface area is 192 Å². The Bertz CT molecular complexity index is 1270. The number of aromatic nitrogens is 1. The molecule has 156 valence electrons. The van der Waals surface area contributed by atoms with Crippen molar-refractivity contribution in [3.8, 4) is 0 Å². The second-order valence-corrected chi connectivity index (χ2v) is 9.46. The number of benzene rings is 3. The van der Waals surface area contributed by atoms with Crippen LogP contribution in [0.4, 0.5) is 11.4 Å². The fourth-order valence-electron chi connectivity index (χ4n) is 2.91. The fourth-order valence-corrected chi connectivity index (χ4v) is 5.00. The fraction of sp³-hybridized carbons (Fsp3) is 0.0870. The number of thioether (sulfide) groups is 1. The number of hydrogen-bond donors (Lipinski definition) is 2. The molecule has 31 heavy (non-hydrogen) atoms. The van der Waals surface area contributed by atoms with E-state index in [9.17, 15) is 9.59 Å². The number of para-hydroxylation sites is 1. The van der Waals surface area contributed by atoms with Crippen molar-refractivity contribution in [1.29, 1.82) is 0 Å². The van der Waals surface area contributed by atoms with Gasteiger partial charge in [0.2, 0.25) is 5.91 Å². The average molecular weight is 468 g/mol. The lowest BCUT2D eigenvalue weighted by atomic mass is 10.1. The minimum atomic E-state index is -0.154. The van der Waals surface area contributed by atoms with Crippen molar-refractivity contribution in [2.24, 2.45) is 0 Å². The van der Waals surface area contributed by atoms with Crippen LogP contribution in [0.2, 0.25) is 5.02 Å². The van der Waals surface area contributed by atoms with Crippen molar-refractivity contribution < 1.29 is 9.59 Å². The Hall–Kier alpha value is -2.87. The number of amides is 2. The quantitative estimate of drug-likeness (QED) is 0.329. The second kappa shape index (κ2) is 9.51. The lowest BCUT2D eigenvalue weighted by Crippen LogP contribution is -2.14. The molecule has 1 heterocycles. The molecule has 4 rings (SSSR count). The summed E-state index contributed by atoms with van der Waals surface area (Å²) in [6, 6.07) is 20.2. The third-order valence-corrected chi connectivity index (χ3v) is 6.87. The van der Waals surface area contributed by atoms with Crippen LogP contribution in [0, 0.1) is 6.92 Å². The second-order valence-electron chi connectivity index (χ2n) is 6.80. The van der Waals surface area contributed by atoms with Crippen molar-refractivity contribution in [1.82, 2.24) is 4.98 Å². The molecule has 8 heteroatoms. The van der Waals surface area contributed by atoms with E-state index in [2.05, 4.69) is 15.6 Å². The summed E-state index contributed by atoms with van der Waals surface area (Å²) >= 11 is 8.92. The molecule has 0 spiro atoms. The average Bonchev–Trinajstić information content (AvgIpc) is 3.16. The van der Waals surface area contributed by atoms with Crippen molar-refractivity contribution in [2.75, 3.05) is 16.4 Å². The van der Waals surface area contributed by atoms with Gasteiger partial charge in [-0.1, -0.05) is 53.2 Å². The lowest BCUT2D eigenvalue weighted by molar-refractivity contribution is -0.113. The van der Waals surface area contributed by atoms with Crippen molar-refractivity contribution >= 4 is 68.1 Å². The zero-order valence-corrected chi connectivity index (χ0v) is 18.9. The first-order valence-electron chi connectivity index (χ1n) is 9.44. The molecule has 0 atom stereocenters. The lowest BCUT2D eigenvalue weighted by Gasteiger charge is -2.05.